The van der Waals surface area contributed by atoms with Gasteiger partial charge in [-0.3, -0.25) is 4.79 Å². The number of nitrogens with one attached hydrogen (secondary N) is 3. The topological polar surface area (TPSA) is 334 Å². The predicted octanol–water partition coefficient (Wildman–Crippen LogP) is 13.0. The third kappa shape index (κ3) is 25.0. The Bertz CT molecular complexity index is 4390. The number of allylic oxidation sites excluding steroid dienone is 2. The first-order valence-electron chi connectivity index (χ1n) is 40.0. The number of piperidine rings is 4. The van der Waals surface area contributed by atoms with Crippen LogP contribution in [0.2, 0.25) is 0 Å². The molecule has 7 aromatic rings. The van der Waals surface area contributed by atoms with Gasteiger partial charge >= 0.3 is 36.1 Å². The molecule has 116 heavy (non-hydrogen) atoms. The number of hydrogen-bond acceptors (Lipinski definition) is 27. The van der Waals surface area contributed by atoms with Crippen molar-refractivity contribution in [3.63, 3.8) is 0 Å². The standard InChI is InChI=1S/C28H31N5O3.C23H30N4O4.C18H22N4O2.C17H26N4O4/c1-2-36-27(35)21-18-30-28(31-19-21)33(22-8-4-3-5-9-22)23-12-14-32(15-13-23)26(34)16-20-17-29-25-11-7-6-10-24(20)25;1-5-30-20(28)17-15-24-21(25-16-17)27(18-9-7-6-8-10-18)19-11-13-26(14-12-19)22(29)31-23(2,3)4;1-2-24-17(23)14-12-20-18(21-13-14)22(15-6-4-3-5-7-15)16-8-10-19-11-9-16;1-5-24-14(22)12-10-18-15(19-11-12)20-13-6-8-21(9-7-13)16(23)25-17(2,3)4/h3-11,17-19,23-25,29H,2,12-16H2,1H3;6-10,15-16,19H,5,11-14H2,1-4H3;3-7,12-13,16,19H,2,8-11H2,1H3;10-11,13H,5-9H2,1-4H3,(H,18,19,20). The molecule has 9 heterocycles. The Labute approximate surface area is 678 Å². The zero-order valence-corrected chi connectivity index (χ0v) is 68.0. The Morgan fingerprint density at radius 1 is 0.431 bits per heavy atom. The van der Waals surface area contributed by atoms with Crippen molar-refractivity contribution in [2.45, 2.75) is 168 Å². The third-order valence-electron chi connectivity index (χ3n) is 19.6. The summed E-state index contributed by atoms with van der Waals surface area (Å²) in [6, 6.07) is 31.0. The lowest BCUT2D eigenvalue weighted by Gasteiger charge is -2.38. The fourth-order valence-corrected chi connectivity index (χ4v) is 13.9. The van der Waals surface area contributed by atoms with Gasteiger partial charge in [0.1, 0.15) is 11.2 Å². The van der Waals surface area contributed by atoms with Gasteiger partial charge < -0.3 is 73.8 Å². The normalized spacial score (nSPS) is 16.9. The Hall–Kier alpha value is -12.0. The van der Waals surface area contributed by atoms with E-state index in [9.17, 15) is 33.6 Å². The minimum Gasteiger partial charge on any atom is -0.462 e. The fraction of sp³-hybridized carbons (Fsp3) is 0.453. The lowest BCUT2D eigenvalue weighted by atomic mass is 9.89. The van der Waals surface area contributed by atoms with Crippen LogP contribution in [0.15, 0.2) is 177 Å². The lowest BCUT2D eigenvalue weighted by molar-refractivity contribution is -0.131. The molecule has 2 atom stereocenters. The summed E-state index contributed by atoms with van der Waals surface area (Å²) in [7, 11) is 0. The number of ether oxygens (including phenoxy) is 6. The second-order valence-electron chi connectivity index (χ2n) is 30.2. The SMILES string of the molecule is CCOC(=O)c1cnc(N(c2ccccc2)C2CCN(C(=O)CC3=CNC4C=CC=CC34)CC2)nc1.CCOC(=O)c1cnc(N(c2ccccc2)C2CCN(C(=O)OC(C)(C)C)CC2)nc1.CCOC(=O)c1cnc(N(c2ccccc2)C2CCNCC2)nc1.CCOC(=O)c1cnc(NC2CCN(C(=O)OC(C)(C)C)CC2)nc1. The van der Waals surface area contributed by atoms with Crippen LogP contribution in [0.5, 0.6) is 0 Å². The van der Waals surface area contributed by atoms with Gasteiger partial charge in [-0.25, -0.2) is 68.6 Å². The Morgan fingerprint density at radius 2 is 0.759 bits per heavy atom. The first kappa shape index (κ1) is 86.5. The Balaban J connectivity index is 0.000000166. The number of benzene rings is 3. The molecule has 13 rings (SSSR count). The number of anilines is 7. The quantitative estimate of drug-likeness (QED) is 0.0444. The first-order valence-corrected chi connectivity index (χ1v) is 40.0. The fourth-order valence-electron chi connectivity index (χ4n) is 13.9. The molecule has 4 aromatic heterocycles. The number of nitrogens with zero attached hydrogens (tertiary/aromatic N) is 14. The Kier molecular flexibility index (Phi) is 31.6. The maximum atomic E-state index is 13.1. The highest BCUT2D eigenvalue weighted by molar-refractivity contribution is 5.90. The van der Waals surface area contributed by atoms with E-state index in [2.05, 4.69) is 101 Å². The molecule has 30 heteroatoms. The average molecular weight is 1590 g/mol. The minimum absolute atomic E-state index is 0.106. The zero-order valence-electron chi connectivity index (χ0n) is 68.0. The van der Waals surface area contributed by atoms with Gasteiger partial charge in [-0.2, -0.15) is 0 Å². The van der Waals surface area contributed by atoms with E-state index in [-0.39, 0.29) is 48.2 Å². The van der Waals surface area contributed by atoms with Crippen LogP contribution in [0.25, 0.3) is 0 Å². The zero-order chi connectivity index (χ0) is 82.6. The van der Waals surface area contributed by atoms with Crippen LogP contribution in [0.4, 0.5) is 50.4 Å². The molecular formula is C86H109N17O13. The molecule has 616 valence electrons. The molecular weight excluding hydrogens is 1480 g/mol. The molecule has 30 nitrogen and oxygen atoms in total. The number of para-hydroxylation sites is 3. The van der Waals surface area contributed by atoms with Crippen LogP contribution in [-0.2, 0) is 33.2 Å². The summed E-state index contributed by atoms with van der Waals surface area (Å²) in [4.78, 5) is 132. The Morgan fingerprint density at radius 3 is 1.11 bits per heavy atom. The van der Waals surface area contributed by atoms with Gasteiger partial charge in [0.15, 0.2) is 0 Å². The molecule has 0 radical (unpaired) electrons. The van der Waals surface area contributed by atoms with E-state index < -0.39 is 35.1 Å². The van der Waals surface area contributed by atoms with E-state index in [1.165, 1.54) is 49.6 Å². The molecule has 4 fully saturated rings. The molecule has 0 spiro atoms. The summed E-state index contributed by atoms with van der Waals surface area (Å²) in [6.45, 7) is 25.2. The van der Waals surface area contributed by atoms with Crippen LogP contribution >= 0.6 is 0 Å². The second-order valence-corrected chi connectivity index (χ2v) is 30.2. The van der Waals surface area contributed by atoms with E-state index in [0.29, 0.717) is 124 Å². The average Bonchev–Trinajstić information content (AvgIpc) is 1.10. The van der Waals surface area contributed by atoms with Gasteiger partial charge in [0.2, 0.25) is 29.7 Å². The number of esters is 4. The van der Waals surface area contributed by atoms with Crippen molar-refractivity contribution in [3.05, 3.63) is 199 Å². The first-order chi connectivity index (χ1) is 56.0. The molecule has 0 bridgehead atoms. The van der Waals surface area contributed by atoms with Gasteiger partial charge in [0.05, 0.1) is 61.1 Å². The van der Waals surface area contributed by atoms with E-state index in [1.54, 1.807) is 37.5 Å². The van der Waals surface area contributed by atoms with Crippen LogP contribution in [0.1, 0.15) is 168 Å². The number of carbonyl (C=O) groups is 7. The van der Waals surface area contributed by atoms with Crippen molar-refractivity contribution in [3.8, 4) is 0 Å². The molecule has 3 amide bonds. The van der Waals surface area contributed by atoms with E-state index in [0.717, 1.165) is 87.1 Å². The molecule has 1 aliphatic carbocycles. The molecule has 5 aliphatic heterocycles. The van der Waals surface area contributed by atoms with Crippen molar-refractivity contribution in [1.82, 2.24) is 65.2 Å². The summed E-state index contributed by atoms with van der Waals surface area (Å²) >= 11 is 0. The smallest absolute Gasteiger partial charge is 0.410 e. The number of rotatable bonds is 21. The summed E-state index contributed by atoms with van der Waals surface area (Å²) in [5, 5.41) is 9.99. The molecule has 3 aromatic carbocycles. The number of amides is 3. The highest BCUT2D eigenvalue weighted by atomic mass is 16.6. The summed E-state index contributed by atoms with van der Waals surface area (Å²) < 4.78 is 30.8. The van der Waals surface area contributed by atoms with Crippen molar-refractivity contribution in [2.24, 2.45) is 5.92 Å². The van der Waals surface area contributed by atoms with Crippen LogP contribution < -0.4 is 30.7 Å². The van der Waals surface area contributed by atoms with Gasteiger partial charge in [-0.05, 0) is 182 Å². The van der Waals surface area contributed by atoms with Gasteiger partial charge in [-0.15, -0.1) is 0 Å². The van der Waals surface area contributed by atoms with Crippen molar-refractivity contribution in [2.75, 3.05) is 98.8 Å². The molecule has 6 aliphatic rings. The highest BCUT2D eigenvalue weighted by Crippen LogP contribution is 2.35. The van der Waals surface area contributed by atoms with E-state index in [1.807, 2.05) is 138 Å². The maximum Gasteiger partial charge on any atom is 0.410 e. The van der Waals surface area contributed by atoms with Crippen LogP contribution in [0.3, 0.4) is 0 Å². The lowest BCUT2D eigenvalue weighted by Crippen LogP contribution is -2.47. The number of likely N-dealkylation sites (tertiary alicyclic amines) is 3. The molecule has 3 N–H and O–H groups in total. The van der Waals surface area contributed by atoms with E-state index >= 15 is 0 Å². The second kappa shape index (κ2) is 42.4. The van der Waals surface area contributed by atoms with Crippen LogP contribution in [-0.4, -0.2) is 217 Å². The van der Waals surface area contributed by atoms with Gasteiger partial charge in [-0.1, -0.05) is 78.9 Å². The van der Waals surface area contributed by atoms with Crippen molar-refractivity contribution < 1.29 is 62.0 Å². The number of hydrogen-bond donors (Lipinski definition) is 3. The van der Waals surface area contributed by atoms with Gasteiger partial charge in [0, 0.05) is 136 Å². The third-order valence-corrected chi connectivity index (χ3v) is 19.6. The molecule has 0 saturated carbocycles. The predicted molar refractivity (Wildman–Crippen MR) is 440 cm³/mol. The largest absolute Gasteiger partial charge is 0.462 e. The molecule has 4 saturated heterocycles. The number of fused-ring (bicyclic) bond motifs is 1. The van der Waals surface area contributed by atoms with Crippen molar-refractivity contribution in [1.29, 1.82) is 0 Å². The minimum atomic E-state index is -0.515. The monoisotopic (exact) mass is 1590 g/mol. The summed E-state index contributed by atoms with van der Waals surface area (Å²) in [6.07, 6.45) is 29.0. The highest BCUT2D eigenvalue weighted by Gasteiger charge is 2.36. The van der Waals surface area contributed by atoms with Gasteiger partial charge in [0.25, 0.3) is 0 Å². The molecule has 2 unspecified atom stereocenters. The maximum absolute atomic E-state index is 13.1. The van der Waals surface area contributed by atoms with E-state index in [4.69, 9.17) is 28.4 Å². The summed E-state index contributed by atoms with van der Waals surface area (Å²) in [5.74, 6) is 0.860. The number of aromatic nitrogens is 8. The summed E-state index contributed by atoms with van der Waals surface area (Å²) in [5.41, 5.74) is 4.50. The number of carbonyl (C=O) groups excluding carboxylic acids is 7. The van der Waals surface area contributed by atoms with Crippen molar-refractivity contribution >= 4 is 82.8 Å². The van der Waals surface area contributed by atoms with Crippen LogP contribution in [0, 0.1) is 5.92 Å².